The second-order valence-electron chi connectivity index (χ2n) is 2.22. The molecule has 1 aromatic rings. The average Bonchev–Trinajstić information content (AvgIpc) is 2.33. The van der Waals surface area contributed by atoms with E-state index < -0.39 is 0 Å². The van der Waals surface area contributed by atoms with E-state index in [1.54, 1.807) is 0 Å². The lowest BCUT2D eigenvalue weighted by molar-refractivity contribution is 0.531. The molecule has 46 valence electrons. The van der Waals surface area contributed by atoms with Crippen LogP contribution in [0.2, 0.25) is 0 Å². The normalized spacial score (nSPS) is 17.3. The van der Waals surface area contributed by atoms with Gasteiger partial charge < -0.3 is 0 Å². The van der Waals surface area contributed by atoms with E-state index in [-0.39, 0.29) is 0 Å². The number of aromatic nitrogens is 2. The van der Waals surface area contributed by atoms with E-state index in [2.05, 4.69) is 11.5 Å². The lowest BCUT2D eigenvalue weighted by Crippen LogP contribution is -2.08. The van der Waals surface area contributed by atoms with Gasteiger partial charge in [0.05, 0.1) is 0 Å². The van der Waals surface area contributed by atoms with Gasteiger partial charge in [-0.25, -0.2) is 0 Å². The van der Waals surface area contributed by atoms with Crippen molar-refractivity contribution in [3.8, 4) is 0 Å². The van der Waals surface area contributed by atoms with Crippen LogP contribution < -0.4 is 0 Å². The summed E-state index contributed by atoms with van der Waals surface area (Å²) in [5.41, 5.74) is 1.15. The molecule has 2 rings (SSSR count). The maximum absolute atomic E-state index is 4.11. The summed E-state index contributed by atoms with van der Waals surface area (Å²) in [6.45, 7) is 1.06. The standard InChI is InChI=1S/C7H8N2/c1-2-6-9-7(3-1)4-5-8-9/h4-5H,1-2,6H2. The molecule has 0 N–H and O–H groups in total. The Morgan fingerprint density at radius 2 is 2.67 bits per heavy atom. The SMILES string of the molecule is [C]1CCCn2nccc21. The fourth-order valence-corrected chi connectivity index (χ4v) is 1.11. The van der Waals surface area contributed by atoms with Crippen molar-refractivity contribution in [2.75, 3.05) is 0 Å². The predicted molar refractivity (Wildman–Crippen MR) is 33.8 cm³/mol. The van der Waals surface area contributed by atoms with Crippen LogP contribution in [0.3, 0.4) is 0 Å². The molecule has 2 heterocycles. The first kappa shape index (κ1) is 5.03. The number of nitrogens with zero attached hydrogens (tertiary/aromatic N) is 2. The minimum Gasteiger partial charge on any atom is -0.269 e. The van der Waals surface area contributed by atoms with Gasteiger partial charge in [-0.3, -0.25) is 4.68 Å². The van der Waals surface area contributed by atoms with Crippen LogP contribution in [0.5, 0.6) is 0 Å². The monoisotopic (exact) mass is 120 g/mol. The highest BCUT2D eigenvalue weighted by Gasteiger charge is 2.07. The van der Waals surface area contributed by atoms with Gasteiger partial charge >= 0.3 is 0 Å². The summed E-state index contributed by atoms with van der Waals surface area (Å²) in [7, 11) is 0. The van der Waals surface area contributed by atoms with Crippen molar-refractivity contribution in [1.29, 1.82) is 0 Å². The molecule has 0 saturated heterocycles. The van der Waals surface area contributed by atoms with E-state index in [9.17, 15) is 0 Å². The Labute approximate surface area is 54.5 Å². The zero-order chi connectivity index (χ0) is 6.10. The zero-order valence-electron chi connectivity index (χ0n) is 5.17. The van der Waals surface area contributed by atoms with E-state index in [1.165, 1.54) is 6.42 Å². The van der Waals surface area contributed by atoms with Gasteiger partial charge in [-0.2, -0.15) is 5.10 Å². The molecule has 0 amide bonds. The van der Waals surface area contributed by atoms with Gasteiger partial charge in [0.1, 0.15) is 0 Å². The van der Waals surface area contributed by atoms with Crippen molar-refractivity contribution < 1.29 is 0 Å². The smallest absolute Gasteiger partial charge is 0.0492 e. The maximum atomic E-state index is 4.11. The molecule has 0 atom stereocenters. The molecule has 1 aliphatic rings. The van der Waals surface area contributed by atoms with Crippen LogP contribution >= 0.6 is 0 Å². The van der Waals surface area contributed by atoms with E-state index >= 15 is 0 Å². The molecular weight excluding hydrogens is 112 g/mol. The van der Waals surface area contributed by atoms with Crippen molar-refractivity contribution in [3.05, 3.63) is 24.4 Å². The summed E-state index contributed by atoms with van der Waals surface area (Å²) in [6.07, 6.45) is 7.35. The predicted octanol–water partition coefficient (Wildman–Crippen LogP) is 1.11. The quantitative estimate of drug-likeness (QED) is 0.501. The van der Waals surface area contributed by atoms with E-state index in [0.29, 0.717) is 0 Å². The topological polar surface area (TPSA) is 17.8 Å². The molecule has 2 nitrogen and oxygen atoms in total. The number of hydrogen-bond donors (Lipinski definition) is 0. The van der Waals surface area contributed by atoms with Crippen LogP contribution in [-0.2, 0) is 6.54 Å². The van der Waals surface area contributed by atoms with Crippen molar-refractivity contribution >= 4 is 0 Å². The molecule has 0 fully saturated rings. The summed E-state index contributed by atoms with van der Waals surface area (Å²) in [4.78, 5) is 0. The highest BCUT2D eigenvalue weighted by Crippen LogP contribution is 2.13. The summed E-state index contributed by atoms with van der Waals surface area (Å²) in [5.74, 6) is 0. The third kappa shape index (κ3) is 0.745. The fourth-order valence-electron chi connectivity index (χ4n) is 1.11. The first-order valence-corrected chi connectivity index (χ1v) is 3.22. The van der Waals surface area contributed by atoms with Gasteiger partial charge in [0.2, 0.25) is 0 Å². The Hall–Kier alpha value is -0.790. The summed E-state index contributed by atoms with van der Waals surface area (Å²) in [5, 5.41) is 4.11. The largest absolute Gasteiger partial charge is 0.269 e. The molecule has 2 radical (unpaired) electrons. The third-order valence-corrected chi connectivity index (χ3v) is 1.57. The number of aryl methyl sites for hydroxylation is 1. The number of fused-ring (bicyclic) bond motifs is 1. The maximum Gasteiger partial charge on any atom is 0.0492 e. The van der Waals surface area contributed by atoms with Gasteiger partial charge in [-0.15, -0.1) is 0 Å². The molecule has 0 spiro atoms. The Morgan fingerprint density at radius 3 is 3.56 bits per heavy atom. The number of hydrogen-bond acceptors (Lipinski definition) is 1. The molecular formula is C7H8N2. The van der Waals surface area contributed by atoms with Crippen molar-refractivity contribution in [2.24, 2.45) is 0 Å². The molecule has 0 aliphatic carbocycles. The van der Waals surface area contributed by atoms with Gasteiger partial charge in [0, 0.05) is 24.9 Å². The highest BCUT2D eigenvalue weighted by molar-refractivity contribution is 5.13. The Balaban J connectivity index is 2.39. The molecule has 1 aliphatic heterocycles. The van der Waals surface area contributed by atoms with Gasteiger partial charge in [-0.05, 0) is 18.9 Å². The first-order valence-electron chi connectivity index (χ1n) is 3.22. The Bertz CT molecular complexity index is 182. The van der Waals surface area contributed by atoms with Crippen LogP contribution in [0.1, 0.15) is 18.5 Å². The van der Waals surface area contributed by atoms with Crippen molar-refractivity contribution in [3.63, 3.8) is 0 Å². The molecule has 0 saturated carbocycles. The van der Waals surface area contributed by atoms with Crippen molar-refractivity contribution in [2.45, 2.75) is 19.4 Å². The van der Waals surface area contributed by atoms with Crippen LogP contribution in [0.25, 0.3) is 0 Å². The van der Waals surface area contributed by atoms with Gasteiger partial charge in [0.25, 0.3) is 0 Å². The molecule has 9 heavy (non-hydrogen) atoms. The van der Waals surface area contributed by atoms with Crippen LogP contribution in [0, 0.1) is 6.42 Å². The fraction of sp³-hybridized carbons (Fsp3) is 0.429. The van der Waals surface area contributed by atoms with Gasteiger partial charge in [0.15, 0.2) is 0 Å². The van der Waals surface area contributed by atoms with Crippen LogP contribution in [0.15, 0.2) is 12.3 Å². The van der Waals surface area contributed by atoms with Crippen LogP contribution in [-0.4, -0.2) is 9.78 Å². The van der Waals surface area contributed by atoms with Crippen LogP contribution in [0.4, 0.5) is 0 Å². The molecule has 0 aromatic carbocycles. The summed E-state index contributed by atoms with van der Waals surface area (Å²) < 4.78 is 1.99. The minimum atomic E-state index is 1.06. The zero-order valence-corrected chi connectivity index (χ0v) is 5.17. The van der Waals surface area contributed by atoms with Gasteiger partial charge in [-0.1, -0.05) is 0 Å². The molecule has 0 unspecified atom stereocenters. The second-order valence-corrected chi connectivity index (χ2v) is 2.22. The molecule has 2 heteroatoms. The molecule has 0 bridgehead atoms. The third-order valence-electron chi connectivity index (χ3n) is 1.57. The second kappa shape index (κ2) is 1.87. The van der Waals surface area contributed by atoms with E-state index in [4.69, 9.17) is 0 Å². The highest BCUT2D eigenvalue weighted by atomic mass is 15.3. The van der Waals surface area contributed by atoms with E-state index in [1.807, 2.05) is 16.9 Å². The number of rotatable bonds is 0. The van der Waals surface area contributed by atoms with Crippen molar-refractivity contribution in [1.82, 2.24) is 9.78 Å². The molecule has 1 aromatic heterocycles. The first-order chi connectivity index (χ1) is 4.47. The summed E-state index contributed by atoms with van der Waals surface area (Å²) >= 11 is 0. The Kier molecular flexibility index (Phi) is 1.04. The average molecular weight is 120 g/mol. The van der Waals surface area contributed by atoms with E-state index in [0.717, 1.165) is 18.7 Å². The lowest BCUT2D eigenvalue weighted by Gasteiger charge is -2.10. The Morgan fingerprint density at radius 1 is 1.67 bits per heavy atom. The summed E-state index contributed by atoms with van der Waals surface area (Å²) in [6, 6.07) is 2.00. The lowest BCUT2D eigenvalue weighted by atomic mass is 10.1. The minimum absolute atomic E-state index is 1.06.